The maximum Gasteiger partial charge on any atom is 0.340 e. The third-order valence-corrected chi connectivity index (χ3v) is 3.54. The van der Waals surface area contributed by atoms with Gasteiger partial charge < -0.3 is 10.5 Å². The molecule has 1 aliphatic rings. The second kappa shape index (κ2) is 6.10. The summed E-state index contributed by atoms with van der Waals surface area (Å²) in [6, 6.07) is 4.85. The average molecular weight is 268 g/mol. The molecule has 0 radical (unpaired) electrons. The second-order valence-electron chi connectivity index (χ2n) is 4.75. The molecule has 2 rings (SSSR count). The lowest BCUT2D eigenvalue weighted by Crippen LogP contribution is -2.18. The minimum absolute atomic E-state index is 0.0371. The highest BCUT2D eigenvalue weighted by molar-refractivity contribution is 6.31. The van der Waals surface area contributed by atoms with Crippen LogP contribution in [0.5, 0.6) is 0 Å². The first-order valence-electron chi connectivity index (χ1n) is 6.43. The van der Waals surface area contributed by atoms with Crippen molar-refractivity contribution in [3.8, 4) is 0 Å². The van der Waals surface area contributed by atoms with E-state index in [9.17, 15) is 4.79 Å². The minimum Gasteiger partial charge on any atom is -0.459 e. The topological polar surface area (TPSA) is 52.3 Å². The molecule has 0 unspecified atom stereocenters. The first-order chi connectivity index (χ1) is 8.66. The molecule has 0 saturated heterocycles. The Kier molecular flexibility index (Phi) is 4.48. The molecule has 0 amide bonds. The number of anilines is 1. The second-order valence-corrected chi connectivity index (χ2v) is 5.19. The maximum atomic E-state index is 12.0. The van der Waals surface area contributed by atoms with E-state index >= 15 is 0 Å². The number of hydrogen-bond donors (Lipinski definition) is 1. The van der Waals surface area contributed by atoms with Crippen molar-refractivity contribution in [2.45, 2.75) is 44.6 Å². The predicted octanol–water partition coefficient (Wildman–Crippen LogP) is 3.80. The highest BCUT2D eigenvalue weighted by Crippen LogP contribution is 2.23. The molecule has 1 aliphatic carbocycles. The van der Waals surface area contributed by atoms with Gasteiger partial charge in [-0.05, 0) is 43.9 Å². The summed E-state index contributed by atoms with van der Waals surface area (Å²) in [5.41, 5.74) is 6.56. The van der Waals surface area contributed by atoms with Crippen LogP contribution in [0, 0.1) is 0 Å². The van der Waals surface area contributed by atoms with E-state index in [4.69, 9.17) is 22.1 Å². The standard InChI is InChI=1S/C14H18ClNO2/c15-10-7-8-12(13(16)9-10)14(17)18-11-5-3-1-2-4-6-11/h7-9,11H,1-6,16H2. The smallest absolute Gasteiger partial charge is 0.340 e. The molecule has 2 N–H and O–H groups in total. The monoisotopic (exact) mass is 267 g/mol. The number of halogens is 1. The van der Waals surface area contributed by atoms with Crippen molar-refractivity contribution in [2.24, 2.45) is 0 Å². The van der Waals surface area contributed by atoms with Gasteiger partial charge in [-0.3, -0.25) is 0 Å². The molecular formula is C14H18ClNO2. The summed E-state index contributed by atoms with van der Waals surface area (Å²) < 4.78 is 5.52. The predicted molar refractivity (Wildman–Crippen MR) is 72.8 cm³/mol. The molecule has 1 aromatic rings. The Morgan fingerprint density at radius 3 is 2.50 bits per heavy atom. The molecule has 0 heterocycles. The van der Waals surface area contributed by atoms with Crippen LogP contribution in [0.4, 0.5) is 5.69 Å². The molecule has 1 saturated carbocycles. The fourth-order valence-electron chi connectivity index (χ4n) is 2.29. The molecule has 18 heavy (non-hydrogen) atoms. The number of nitrogen functional groups attached to an aromatic ring is 1. The van der Waals surface area contributed by atoms with Gasteiger partial charge >= 0.3 is 5.97 Å². The van der Waals surface area contributed by atoms with Crippen LogP contribution < -0.4 is 5.73 Å². The van der Waals surface area contributed by atoms with E-state index < -0.39 is 0 Å². The summed E-state index contributed by atoms with van der Waals surface area (Å²) in [7, 11) is 0. The SMILES string of the molecule is Nc1cc(Cl)ccc1C(=O)OC1CCCCCC1. The third-order valence-electron chi connectivity index (χ3n) is 3.31. The highest BCUT2D eigenvalue weighted by Gasteiger charge is 2.19. The van der Waals surface area contributed by atoms with Gasteiger partial charge in [-0.25, -0.2) is 4.79 Å². The summed E-state index contributed by atoms with van der Waals surface area (Å²) in [6.07, 6.45) is 6.68. The Hall–Kier alpha value is -1.22. The largest absolute Gasteiger partial charge is 0.459 e. The average Bonchev–Trinajstić information content (AvgIpc) is 2.57. The molecule has 0 aromatic heterocycles. The number of carbonyl (C=O) groups is 1. The van der Waals surface area contributed by atoms with Gasteiger partial charge in [0, 0.05) is 10.7 Å². The Morgan fingerprint density at radius 2 is 1.89 bits per heavy atom. The van der Waals surface area contributed by atoms with E-state index in [-0.39, 0.29) is 12.1 Å². The normalized spacial score (nSPS) is 17.2. The lowest BCUT2D eigenvalue weighted by atomic mass is 10.1. The fourth-order valence-corrected chi connectivity index (χ4v) is 2.47. The van der Waals surface area contributed by atoms with Crippen LogP contribution >= 0.6 is 11.6 Å². The molecule has 98 valence electrons. The molecule has 0 aliphatic heterocycles. The van der Waals surface area contributed by atoms with Gasteiger partial charge in [0.05, 0.1) is 5.56 Å². The molecular weight excluding hydrogens is 250 g/mol. The fraction of sp³-hybridized carbons (Fsp3) is 0.500. The number of nitrogens with two attached hydrogens (primary N) is 1. The molecule has 0 spiro atoms. The summed E-state index contributed by atoms with van der Waals surface area (Å²) in [5.74, 6) is -0.337. The Morgan fingerprint density at radius 1 is 1.22 bits per heavy atom. The van der Waals surface area contributed by atoms with Crippen LogP contribution in [0.15, 0.2) is 18.2 Å². The van der Waals surface area contributed by atoms with Crippen LogP contribution in [0.25, 0.3) is 0 Å². The van der Waals surface area contributed by atoms with Gasteiger partial charge in [0.25, 0.3) is 0 Å². The van der Waals surface area contributed by atoms with Crippen LogP contribution in [0.1, 0.15) is 48.9 Å². The summed E-state index contributed by atoms with van der Waals surface area (Å²) in [4.78, 5) is 12.0. The molecule has 0 bridgehead atoms. The lowest BCUT2D eigenvalue weighted by Gasteiger charge is -2.16. The number of rotatable bonds is 2. The van der Waals surface area contributed by atoms with Crippen molar-refractivity contribution < 1.29 is 9.53 Å². The first-order valence-corrected chi connectivity index (χ1v) is 6.80. The van der Waals surface area contributed by atoms with Gasteiger partial charge in [0.2, 0.25) is 0 Å². The summed E-state index contributed by atoms with van der Waals surface area (Å²) in [5, 5.41) is 0.526. The quantitative estimate of drug-likeness (QED) is 0.504. The number of esters is 1. The Balaban J connectivity index is 2.02. The van der Waals surface area contributed by atoms with E-state index in [0.717, 1.165) is 25.7 Å². The van der Waals surface area contributed by atoms with Crippen molar-refractivity contribution in [1.29, 1.82) is 0 Å². The van der Waals surface area contributed by atoms with Crippen LogP contribution in [0.2, 0.25) is 5.02 Å². The Bertz CT molecular complexity index is 426. The summed E-state index contributed by atoms with van der Waals surface area (Å²) >= 11 is 5.80. The van der Waals surface area contributed by atoms with Crippen LogP contribution in [-0.4, -0.2) is 12.1 Å². The number of benzene rings is 1. The van der Waals surface area contributed by atoms with Crippen molar-refractivity contribution in [3.63, 3.8) is 0 Å². The maximum absolute atomic E-state index is 12.0. The summed E-state index contributed by atoms with van der Waals surface area (Å²) in [6.45, 7) is 0. The Labute approximate surface area is 112 Å². The molecule has 0 atom stereocenters. The zero-order valence-corrected chi connectivity index (χ0v) is 11.1. The number of ether oxygens (including phenoxy) is 1. The van der Waals surface area contributed by atoms with Crippen molar-refractivity contribution >= 4 is 23.3 Å². The minimum atomic E-state index is -0.337. The van der Waals surface area contributed by atoms with Crippen LogP contribution in [0.3, 0.4) is 0 Å². The van der Waals surface area contributed by atoms with E-state index in [1.807, 2.05) is 0 Å². The van der Waals surface area contributed by atoms with E-state index in [1.54, 1.807) is 18.2 Å². The highest BCUT2D eigenvalue weighted by atomic mass is 35.5. The molecule has 3 nitrogen and oxygen atoms in total. The molecule has 1 fully saturated rings. The van der Waals surface area contributed by atoms with E-state index in [1.165, 1.54) is 12.8 Å². The zero-order chi connectivity index (χ0) is 13.0. The lowest BCUT2D eigenvalue weighted by molar-refractivity contribution is 0.0268. The number of hydrogen-bond acceptors (Lipinski definition) is 3. The van der Waals surface area contributed by atoms with E-state index in [0.29, 0.717) is 16.3 Å². The van der Waals surface area contributed by atoms with Crippen molar-refractivity contribution in [1.82, 2.24) is 0 Å². The van der Waals surface area contributed by atoms with Crippen molar-refractivity contribution in [3.05, 3.63) is 28.8 Å². The van der Waals surface area contributed by atoms with Gasteiger partial charge in [0.1, 0.15) is 6.10 Å². The first kappa shape index (κ1) is 13.2. The molecule has 4 heteroatoms. The van der Waals surface area contributed by atoms with Crippen LogP contribution in [-0.2, 0) is 4.74 Å². The van der Waals surface area contributed by atoms with Gasteiger partial charge in [-0.15, -0.1) is 0 Å². The van der Waals surface area contributed by atoms with Gasteiger partial charge in [-0.1, -0.05) is 24.4 Å². The zero-order valence-electron chi connectivity index (χ0n) is 10.3. The van der Waals surface area contributed by atoms with Gasteiger partial charge in [0.15, 0.2) is 0 Å². The number of carbonyl (C=O) groups excluding carboxylic acids is 1. The van der Waals surface area contributed by atoms with Gasteiger partial charge in [-0.2, -0.15) is 0 Å². The van der Waals surface area contributed by atoms with E-state index in [2.05, 4.69) is 0 Å². The molecule has 1 aromatic carbocycles. The third kappa shape index (κ3) is 3.39. The van der Waals surface area contributed by atoms with Crippen molar-refractivity contribution in [2.75, 3.05) is 5.73 Å².